The van der Waals surface area contributed by atoms with Crippen LogP contribution < -0.4 is 9.47 Å². The minimum Gasteiger partial charge on any atom is -0.489 e. The van der Waals surface area contributed by atoms with Crippen molar-refractivity contribution >= 4 is 6.29 Å². The molecule has 3 unspecified atom stereocenters. The van der Waals surface area contributed by atoms with Crippen LogP contribution in [0, 0.1) is 24.2 Å². The predicted octanol–water partition coefficient (Wildman–Crippen LogP) is 15.0. The van der Waals surface area contributed by atoms with E-state index >= 15 is 0 Å². The quantitative estimate of drug-likeness (QED) is 0.0260. The zero-order chi connectivity index (χ0) is 51.3. The van der Waals surface area contributed by atoms with Crippen molar-refractivity contribution in [1.29, 1.82) is 0 Å². The Hall–Kier alpha value is -5.45. The highest BCUT2D eigenvalue weighted by atomic mass is 16.7. The summed E-state index contributed by atoms with van der Waals surface area (Å²) in [5, 5.41) is 10.9. The van der Waals surface area contributed by atoms with Crippen LogP contribution >= 0.6 is 0 Å². The molecule has 4 aromatic rings. The average Bonchev–Trinajstić information content (AvgIpc) is 3.42. The predicted molar refractivity (Wildman–Crippen MR) is 293 cm³/mol. The van der Waals surface area contributed by atoms with Gasteiger partial charge in [-0.15, -0.1) is 31.4 Å². The molecule has 0 aromatic heterocycles. The Morgan fingerprint density at radius 2 is 1.17 bits per heavy atom. The topological polar surface area (TPSA) is 92.7 Å². The van der Waals surface area contributed by atoms with Gasteiger partial charge in [-0.25, -0.2) is 0 Å². The molecule has 4 aromatic carbocycles. The normalized spacial score (nSPS) is 16.3. The minimum atomic E-state index is -0.874. The molecule has 72 heavy (non-hydrogen) atoms. The van der Waals surface area contributed by atoms with E-state index in [1.165, 1.54) is 51.4 Å². The number of aliphatic hydroxyl groups is 1. The van der Waals surface area contributed by atoms with Gasteiger partial charge >= 0.3 is 0 Å². The number of unbranched alkanes of at least 4 members (excludes halogenated alkanes) is 4. The van der Waals surface area contributed by atoms with Gasteiger partial charge in [0.1, 0.15) is 37.1 Å². The molecule has 0 aliphatic carbocycles. The summed E-state index contributed by atoms with van der Waals surface area (Å²) in [5.41, 5.74) is 5.46. The molecule has 2 fully saturated rings. The number of hydrogen-bond donors (Lipinski definition) is 1. The molecule has 8 heteroatoms. The lowest BCUT2D eigenvalue weighted by Crippen LogP contribution is -2.28. The number of aliphatic hydroxyl groups excluding tert-OH is 1. The Morgan fingerprint density at radius 1 is 0.653 bits per heavy atom. The van der Waals surface area contributed by atoms with Crippen LogP contribution in [0.5, 0.6) is 11.5 Å². The second kappa shape index (κ2) is 37.3. The molecule has 0 spiro atoms. The third kappa shape index (κ3) is 23.4. The van der Waals surface area contributed by atoms with Crippen molar-refractivity contribution in [3.8, 4) is 35.7 Å². The number of ether oxygens (including phenoxy) is 6. The molecule has 0 amide bonds. The van der Waals surface area contributed by atoms with Crippen LogP contribution in [0.4, 0.5) is 0 Å². The van der Waals surface area contributed by atoms with Crippen molar-refractivity contribution in [2.75, 3.05) is 13.2 Å². The van der Waals surface area contributed by atoms with Gasteiger partial charge in [-0.1, -0.05) is 155 Å². The first kappa shape index (κ1) is 59.1. The van der Waals surface area contributed by atoms with Crippen molar-refractivity contribution in [2.45, 2.75) is 186 Å². The molecule has 2 aliphatic rings. The van der Waals surface area contributed by atoms with Crippen LogP contribution in [0.25, 0.3) is 0 Å². The van der Waals surface area contributed by atoms with E-state index in [9.17, 15) is 9.90 Å². The third-order valence-corrected chi connectivity index (χ3v) is 12.6. The zero-order valence-electron chi connectivity index (χ0n) is 43.6. The molecule has 2 aliphatic heterocycles. The van der Waals surface area contributed by atoms with Crippen molar-refractivity contribution in [3.63, 3.8) is 0 Å². The maximum Gasteiger partial charge on any atom is 0.157 e. The number of benzene rings is 4. The Bertz CT molecular complexity index is 2170. The summed E-state index contributed by atoms with van der Waals surface area (Å²) in [7, 11) is 0. The Balaban J connectivity index is 0.000000261. The van der Waals surface area contributed by atoms with Gasteiger partial charge in [0.2, 0.25) is 0 Å². The fourth-order valence-electron chi connectivity index (χ4n) is 8.59. The summed E-state index contributed by atoms with van der Waals surface area (Å²) < 4.78 is 35.6. The molecule has 8 nitrogen and oxygen atoms in total. The molecule has 0 saturated carbocycles. The first-order valence-corrected chi connectivity index (χ1v) is 26.8. The van der Waals surface area contributed by atoms with Gasteiger partial charge in [0.15, 0.2) is 12.6 Å². The third-order valence-electron chi connectivity index (χ3n) is 12.6. The van der Waals surface area contributed by atoms with E-state index in [1.807, 2.05) is 97.1 Å². The molecular weight excluding hydrogens is 897 g/mol. The number of carbonyl (C=O) groups is 1. The number of aldehydes is 1. The fraction of sp³-hybridized carbons (Fsp3) is 0.484. The van der Waals surface area contributed by atoms with Gasteiger partial charge < -0.3 is 33.5 Å². The van der Waals surface area contributed by atoms with E-state index in [0.717, 1.165) is 117 Å². The highest BCUT2D eigenvalue weighted by molar-refractivity contribution is 5.78. The highest BCUT2D eigenvalue weighted by Crippen LogP contribution is 2.30. The number of hydrogen-bond acceptors (Lipinski definition) is 8. The first-order valence-electron chi connectivity index (χ1n) is 26.8. The van der Waals surface area contributed by atoms with Crippen LogP contribution in [0.15, 0.2) is 122 Å². The fourth-order valence-corrected chi connectivity index (χ4v) is 8.59. The minimum absolute atomic E-state index is 0.0214. The monoisotopic (exact) mass is 981 g/mol. The molecule has 0 bridgehead atoms. The first-order chi connectivity index (χ1) is 35.4. The van der Waals surface area contributed by atoms with Crippen molar-refractivity contribution in [3.05, 3.63) is 156 Å². The average molecular weight is 981 g/mol. The maximum atomic E-state index is 11.0. The molecule has 5 atom stereocenters. The number of allylic oxidation sites excluding steroid dienone is 2. The highest BCUT2D eigenvalue weighted by Gasteiger charge is 2.21. The van der Waals surface area contributed by atoms with E-state index < -0.39 is 6.10 Å². The lowest BCUT2D eigenvalue weighted by molar-refractivity contribution is -0.190. The van der Waals surface area contributed by atoms with Gasteiger partial charge in [-0.2, -0.15) is 0 Å². The Labute approximate surface area is 433 Å². The van der Waals surface area contributed by atoms with Crippen LogP contribution in [0.1, 0.15) is 174 Å². The van der Waals surface area contributed by atoms with Crippen LogP contribution in [0.3, 0.4) is 0 Å². The molecule has 2 heterocycles. The van der Waals surface area contributed by atoms with Crippen molar-refractivity contribution in [2.24, 2.45) is 0 Å². The molecule has 388 valence electrons. The lowest BCUT2D eigenvalue weighted by atomic mass is 9.98. The summed E-state index contributed by atoms with van der Waals surface area (Å²) in [6, 6.07) is 31.3. The van der Waals surface area contributed by atoms with Gasteiger partial charge in [0.05, 0.1) is 12.2 Å². The van der Waals surface area contributed by atoms with Crippen LogP contribution in [-0.2, 0) is 45.0 Å². The van der Waals surface area contributed by atoms with Gasteiger partial charge in [0.25, 0.3) is 0 Å². The second-order valence-electron chi connectivity index (χ2n) is 18.4. The molecule has 2 saturated heterocycles. The summed E-state index contributed by atoms with van der Waals surface area (Å²) in [5.74, 6) is 10.5. The standard InChI is InChI=1S/C32H42O4.C17H16O2.C15H26O2/c1-3-5-7-18-27(36-32-23-12-13-24-34-32)19-10-11-21-30(33)28-20-14-22-31(29(28)15-4-2)35-25-26-16-8-6-9-17-26;1-2-7-16-15(12-18)10-6-11-17(16)19-13-14-8-4-3-5-9-14;1-3-5-7-11-14(10-6-4-2)17-15-12-8-9-13-16-15/h4,6,8-9,14,16-17,20,22,27,30,32-33H,2-3,5,7,10,12-13,15,18-19,23-25H2,1H3;2-6,8-12H,1,7,13H2;2,14-15H,3,5-13H2,1H3/t27-,30?,32?;;14-,15?/m0.1/s1. The van der Waals surface area contributed by atoms with E-state index in [-0.39, 0.29) is 18.7 Å². The number of carbonyl (C=O) groups excluding carboxylic acids is 1. The Kier molecular flexibility index (Phi) is 30.6. The summed E-state index contributed by atoms with van der Waals surface area (Å²) in [6.07, 6.45) is 30.0. The number of terminal acetylenes is 1. The summed E-state index contributed by atoms with van der Waals surface area (Å²) in [4.78, 5) is 11.0. The van der Waals surface area contributed by atoms with Crippen molar-refractivity contribution in [1.82, 2.24) is 0 Å². The largest absolute Gasteiger partial charge is 0.489 e. The SMILES string of the molecule is C#CCC[C@H](CCCCC)OC1CCCCO1.C=CCc1c(C=O)cccc1OCc1ccccc1.C=CCc1c(OCc2ccccc2)cccc1C(O)C#CCC[C@H](CCCCC)OC1CCCCO1. The van der Waals surface area contributed by atoms with E-state index in [1.54, 1.807) is 12.1 Å². The Morgan fingerprint density at radius 3 is 1.65 bits per heavy atom. The van der Waals surface area contributed by atoms with Gasteiger partial charge in [-0.3, -0.25) is 4.79 Å². The number of rotatable bonds is 28. The molecular formula is C64H84O8. The lowest BCUT2D eigenvalue weighted by Gasteiger charge is -2.27. The van der Waals surface area contributed by atoms with Gasteiger partial charge in [-0.05, 0) is 106 Å². The molecule has 0 radical (unpaired) electrons. The van der Waals surface area contributed by atoms with Crippen LogP contribution in [0.2, 0.25) is 0 Å². The zero-order valence-corrected chi connectivity index (χ0v) is 43.6. The second-order valence-corrected chi connectivity index (χ2v) is 18.4. The van der Waals surface area contributed by atoms with Gasteiger partial charge in [0, 0.05) is 42.7 Å². The van der Waals surface area contributed by atoms with E-state index in [0.29, 0.717) is 44.1 Å². The van der Waals surface area contributed by atoms with E-state index in [2.05, 4.69) is 44.8 Å². The molecule has 1 N–H and O–H groups in total. The molecule has 6 rings (SSSR count). The summed E-state index contributed by atoms with van der Waals surface area (Å²) >= 11 is 0. The van der Waals surface area contributed by atoms with Crippen molar-refractivity contribution < 1.29 is 38.3 Å². The smallest absolute Gasteiger partial charge is 0.157 e. The van der Waals surface area contributed by atoms with E-state index in [4.69, 9.17) is 34.8 Å². The van der Waals surface area contributed by atoms with Crippen LogP contribution in [-0.4, -0.2) is 49.4 Å². The maximum absolute atomic E-state index is 11.0. The summed E-state index contributed by atoms with van der Waals surface area (Å²) in [6.45, 7) is 14.7.